The van der Waals surface area contributed by atoms with Crippen LogP contribution in [-0.2, 0) is 9.84 Å². The normalized spacial score (nSPS) is 11.1. The molecule has 0 fully saturated rings. The molecule has 0 spiro atoms. The molecule has 0 aliphatic carbocycles. The van der Waals surface area contributed by atoms with E-state index in [2.05, 4.69) is 10.3 Å². The summed E-state index contributed by atoms with van der Waals surface area (Å²) < 4.78 is 21.8. The first-order chi connectivity index (χ1) is 8.70. The van der Waals surface area contributed by atoms with Gasteiger partial charge in [-0.05, 0) is 0 Å². The standard InChI is InChI=1S/C9H10ClN3O5S/c1-19(17,18)3-2-11-9(14)7-4-6(13(15)16)5-12-8(7)10/h4-5H,2-3H2,1H3,(H,11,14). The summed E-state index contributed by atoms with van der Waals surface area (Å²) in [5.74, 6) is -0.955. The number of carbonyl (C=O) groups excluding carboxylic acids is 1. The Kier molecular flexibility index (Phi) is 4.78. The molecule has 0 aliphatic heterocycles. The minimum atomic E-state index is -3.21. The van der Waals surface area contributed by atoms with E-state index in [-0.39, 0.29) is 28.7 Å². The van der Waals surface area contributed by atoms with E-state index in [1.54, 1.807) is 0 Å². The Morgan fingerprint density at radius 3 is 2.74 bits per heavy atom. The van der Waals surface area contributed by atoms with Crippen LogP contribution >= 0.6 is 11.6 Å². The van der Waals surface area contributed by atoms with Crippen LogP contribution in [0.25, 0.3) is 0 Å². The maximum atomic E-state index is 11.7. The number of halogens is 1. The Morgan fingerprint density at radius 2 is 2.21 bits per heavy atom. The highest BCUT2D eigenvalue weighted by atomic mass is 35.5. The molecule has 0 atom stereocenters. The number of hydrogen-bond acceptors (Lipinski definition) is 6. The fourth-order valence-electron chi connectivity index (χ4n) is 1.14. The fraction of sp³-hybridized carbons (Fsp3) is 0.333. The number of aromatic nitrogens is 1. The van der Waals surface area contributed by atoms with Crippen molar-refractivity contribution in [3.8, 4) is 0 Å². The minimum Gasteiger partial charge on any atom is -0.351 e. The molecule has 1 rings (SSSR count). The maximum absolute atomic E-state index is 11.7. The van der Waals surface area contributed by atoms with Crippen molar-refractivity contribution in [1.82, 2.24) is 10.3 Å². The van der Waals surface area contributed by atoms with E-state index in [9.17, 15) is 23.3 Å². The van der Waals surface area contributed by atoms with Crippen molar-refractivity contribution < 1.29 is 18.1 Å². The van der Waals surface area contributed by atoms with Crippen LogP contribution in [0.4, 0.5) is 5.69 Å². The van der Waals surface area contributed by atoms with Crippen molar-refractivity contribution in [3.05, 3.63) is 33.1 Å². The largest absolute Gasteiger partial charge is 0.351 e. The number of amides is 1. The van der Waals surface area contributed by atoms with Crippen LogP contribution in [0.1, 0.15) is 10.4 Å². The zero-order valence-electron chi connectivity index (χ0n) is 9.79. The van der Waals surface area contributed by atoms with Gasteiger partial charge >= 0.3 is 0 Å². The van der Waals surface area contributed by atoms with Gasteiger partial charge in [-0.25, -0.2) is 13.4 Å². The molecule has 0 aliphatic rings. The summed E-state index contributed by atoms with van der Waals surface area (Å²) in [6, 6.07) is 0.977. The quantitative estimate of drug-likeness (QED) is 0.478. The van der Waals surface area contributed by atoms with Crippen molar-refractivity contribution in [3.63, 3.8) is 0 Å². The molecule has 104 valence electrons. The smallest absolute Gasteiger partial charge is 0.288 e. The molecule has 1 heterocycles. The van der Waals surface area contributed by atoms with Crippen molar-refractivity contribution in [2.45, 2.75) is 0 Å². The van der Waals surface area contributed by atoms with Crippen molar-refractivity contribution in [2.75, 3.05) is 18.6 Å². The maximum Gasteiger partial charge on any atom is 0.288 e. The predicted molar refractivity (Wildman–Crippen MR) is 67.9 cm³/mol. The summed E-state index contributed by atoms with van der Waals surface area (Å²) in [5.41, 5.74) is -0.554. The molecular formula is C9H10ClN3O5S. The molecule has 19 heavy (non-hydrogen) atoms. The lowest BCUT2D eigenvalue weighted by Gasteiger charge is -2.05. The average Bonchev–Trinajstić information content (AvgIpc) is 2.27. The Morgan fingerprint density at radius 1 is 1.58 bits per heavy atom. The highest BCUT2D eigenvalue weighted by Crippen LogP contribution is 2.18. The monoisotopic (exact) mass is 307 g/mol. The second-order valence-electron chi connectivity index (χ2n) is 3.67. The first kappa shape index (κ1) is 15.3. The van der Waals surface area contributed by atoms with Crippen molar-refractivity contribution in [1.29, 1.82) is 0 Å². The number of pyridine rings is 1. The van der Waals surface area contributed by atoms with E-state index in [1.807, 2.05) is 0 Å². The lowest BCUT2D eigenvalue weighted by molar-refractivity contribution is -0.385. The summed E-state index contributed by atoms with van der Waals surface area (Å²) in [7, 11) is -3.21. The molecular weight excluding hydrogens is 298 g/mol. The Balaban J connectivity index is 2.82. The van der Waals surface area contributed by atoms with E-state index >= 15 is 0 Å². The van der Waals surface area contributed by atoms with Gasteiger partial charge in [0.2, 0.25) is 0 Å². The summed E-state index contributed by atoms with van der Waals surface area (Å²) in [5, 5.41) is 12.6. The number of nitrogens with one attached hydrogen (secondary N) is 1. The average molecular weight is 308 g/mol. The molecule has 0 saturated heterocycles. The zero-order valence-corrected chi connectivity index (χ0v) is 11.4. The van der Waals surface area contributed by atoms with Gasteiger partial charge in [0, 0.05) is 18.9 Å². The van der Waals surface area contributed by atoms with Crippen LogP contribution < -0.4 is 5.32 Å². The van der Waals surface area contributed by atoms with Crippen LogP contribution in [0, 0.1) is 10.1 Å². The van der Waals surface area contributed by atoms with Gasteiger partial charge in [-0.1, -0.05) is 11.6 Å². The number of nitro groups is 1. The van der Waals surface area contributed by atoms with Crippen LogP contribution in [0.3, 0.4) is 0 Å². The lowest BCUT2D eigenvalue weighted by Crippen LogP contribution is -2.29. The van der Waals surface area contributed by atoms with Gasteiger partial charge in [0.05, 0.1) is 16.2 Å². The highest BCUT2D eigenvalue weighted by Gasteiger charge is 2.17. The molecule has 0 aromatic carbocycles. The van der Waals surface area contributed by atoms with Crippen LogP contribution in [0.5, 0.6) is 0 Å². The molecule has 8 nitrogen and oxygen atoms in total. The van der Waals surface area contributed by atoms with Crippen molar-refractivity contribution in [2.24, 2.45) is 0 Å². The third-order valence-electron chi connectivity index (χ3n) is 2.04. The van der Waals surface area contributed by atoms with E-state index in [0.29, 0.717) is 0 Å². The third-order valence-corrected chi connectivity index (χ3v) is 3.29. The molecule has 10 heteroatoms. The van der Waals surface area contributed by atoms with Gasteiger partial charge in [0.25, 0.3) is 11.6 Å². The van der Waals surface area contributed by atoms with Gasteiger partial charge in [-0.2, -0.15) is 0 Å². The van der Waals surface area contributed by atoms with Gasteiger partial charge in [-0.15, -0.1) is 0 Å². The first-order valence-corrected chi connectivity index (χ1v) is 7.40. The lowest BCUT2D eigenvalue weighted by atomic mass is 10.2. The molecule has 1 aromatic rings. The van der Waals surface area contributed by atoms with Gasteiger partial charge in [0.1, 0.15) is 21.2 Å². The number of rotatable bonds is 5. The van der Waals surface area contributed by atoms with E-state index in [1.165, 1.54) is 0 Å². The molecule has 0 unspecified atom stereocenters. The summed E-state index contributed by atoms with van der Waals surface area (Å²) in [6.07, 6.45) is 1.96. The molecule has 1 amide bonds. The molecule has 1 N–H and O–H groups in total. The van der Waals surface area contributed by atoms with E-state index in [4.69, 9.17) is 11.6 Å². The summed E-state index contributed by atoms with van der Waals surface area (Å²) in [4.78, 5) is 25.0. The second-order valence-corrected chi connectivity index (χ2v) is 6.29. The Labute approximate surface area is 113 Å². The number of sulfone groups is 1. The van der Waals surface area contributed by atoms with Gasteiger partial charge < -0.3 is 5.32 Å². The summed E-state index contributed by atoms with van der Waals surface area (Å²) in [6.45, 7) is -0.114. The zero-order chi connectivity index (χ0) is 14.6. The predicted octanol–water partition coefficient (Wildman–Crippen LogP) is 0.418. The molecule has 0 bridgehead atoms. The first-order valence-electron chi connectivity index (χ1n) is 4.96. The third kappa shape index (κ3) is 4.79. The SMILES string of the molecule is CS(=O)(=O)CCNC(=O)c1cc([N+](=O)[O-])cnc1Cl. The van der Waals surface area contributed by atoms with Crippen LogP contribution in [-0.4, -0.2) is 42.8 Å². The molecule has 1 aromatic heterocycles. The van der Waals surface area contributed by atoms with Crippen LogP contribution in [0.15, 0.2) is 12.3 Å². The van der Waals surface area contributed by atoms with Crippen LogP contribution in [0.2, 0.25) is 5.15 Å². The Bertz CT molecular complexity index is 616. The molecule has 0 saturated carbocycles. The van der Waals surface area contributed by atoms with Gasteiger partial charge in [0.15, 0.2) is 0 Å². The highest BCUT2D eigenvalue weighted by molar-refractivity contribution is 7.90. The minimum absolute atomic E-state index is 0.114. The second kappa shape index (κ2) is 5.93. The fourth-order valence-corrected chi connectivity index (χ4v) is 1.80. The number of hydrogen-bond donors (Lipinski definition) is 1. The van der Waals surface area contributed by atoms with E-state index < -0.39 is 20.7 Å². The number of carbonyl (C=O) groups is 1. The Hall–Kier alpha value is -1.74. The number of nitrogens with zero attached hydrogens (tertiary/aromatic N) is 2. The van der Waals surface area contributed by atoms with E-state index in [0.717, 1.165) is 18.5 Å². The van der Waals surface area contributed by atoms with Gasteiger partial charge in [-0.3, -0.25) is 14.9 Å². The molecule has 0 radical (unpaired) electrons. The summed E-state index contributed by atoms with van der Waals surface area (Å²) >= 11 is 5.65. The van der Waals surface area contributed by atoms with Crippen molar-refractivity contribution >= 4 is 33.0 Å². The topological polar surface area (TPSA) is 119 Å².